The maximum Gasteiger partial charge on any atom is 0.416 e. The Bertz CT molecular complexity index is 739. The van der Waals surface area contributed by atoms with Crippen LogP contribution in [0.15, 0.2) is 56.7 Å². The Balaban J connectivity index is 2.34. The summed E-state index contributed by atoms with van der Waals surface area (Å²) in [6.07, 6.45) is -4.43. The van der Waals surface area contributed by atoms with Crippen molar-refractivity contribution in [2.75, 3.05) is 0 Å². The second-order valence-electron chi connectivity index (χ2n) is 4.49. The van der Waals surface area contributed by atoms with E-state index in [1.165, 1.54) is 31.2 Å². The molecule has 0 amide bonds. The van der Waals surface area contributed by atoms with Crippen LogP contribution in [0.25, 0.3) is 0 Å². The minimum atomic E-state index is -4.43. The fourth-order valence-corrected chi connectivity index (χ4v) is 3.65. The highest BCUT2D eigenvalue weighted by Crippen LogP contribution is 2.31. The van der Waals surface area contributed by atoms with E-state index in [2.05, 4.69) is 15.9 Å². The number of Topliss-reactive ketones (excluding diaryl/α,β-unsaturated/α-hetero) is 1. The summed E-state index contributed by atoms with van der Waals surface area (Å²) in [5.74, 6) is -0.132. The highest BCUT2D eigenvalue weighted by atomic mass is 79.9. The summed E-state index contributed by atoms with van der Waals surface area (Å²) in [5.41, 5.74) is -0.334. The van der Waals surface area contributed by atoms with Crippen molar-refractivity contribution in [1.82, 2.24) is 0 Å². The lowest BCUT2D eigenvalue weighted by atomic mass is 10.2. The zero-order valence-corrected chi connectivity index (χ0v) is 13.7. The summed E-state index contributed by atoms with van der Waals surface area (Å²) < 4.78 is 50.4. The summed E-state index contributed by atoms with van der Waals surface area (Å²) in [5, 5.41) is 0. The minimum absolute atomic E-state index is 0.132. The van der Waals surface area contributed by atoms with Crippen molar-refractivity contribution >= 4 is 32.5 Å². The van der Waals surface area contributed by atoms with Gasteiger partial charge in [0, 0.05) is 14.9 Å². The lowest BCUT2D eigenvalue weighted by Gasteiger charge is -2.09. The van der Waals surface area contributed by atoms with Crippen molar-refractivity contribution in [3.63, 3.8) is 0 Å². The molecule has 116 valence electrons. The topological polar surface area (TPSA) is 34.1 Å². The normalized spacial score (nSPS) is 13.0. The van der Waals surface area contributed by atoms with Gasteiger partial charge in [-0.25, -0.2) is 4.21 Å². The molecule has 2 rings (SSSR count). The van der Waals surface area contributed by atoms with Gasteiger partial charge in [0.15, 0.2) is 5.78 Å². The molecule has 2 nitrogen and oxygen atoms in total. The van der Waals surface area contributed by atoms with Gasteiger partial charge in [0.2, 0.25) is 0 Å². The van der Waals surface area contributed by atoms with Crippen LogP contribution < -0.4 is 0 Å². The minimum Gasteiger partial charge on any atom is -0.295 e. The fraction of sp³-hybridized carbons (Fsp3) is 0.133. The van der Waals surface area contributed by atoms with Crippen molar-refractivity contribution in [1.29, 1.82) is 0 Å². The number of ketones is 1. The van der Waals surface area contributed by atoms with E-state index in [1.807, 2.05) is 0 Å². The Morgan fingerprint density at radius 3 is 2.14 bits per heavy atom. The number of alkyl halides is 3. The second-order valence-corrected chi connectivity index (χ2v) is 6.80. The van der Waals surface area contributed by atoms with E-state index < -0.39 is 22.5 Å². The van der Waals surface area contributed by atoms with Gasteiger partial charge in [0.25, 0.3) is 0 Å². The number of carbonyl (C=O) groups excluding carboxylic acids is 1. The Hall–Kier alpha value is -1.47. The van der Waals surface area contributed by atoms with Crippen molar-refractivity contribution in [3.05, 3.63) is 58.1 Å². The van der Waals surface area contributed by atoms with Gasteiger partial charge in [-0.15, -0.1) is 0 Å². The average Bonchev–Trinajstić information content (AvgIpc) is 2.45. The van der Waals surface area contributed by atoms with E-state index in [1.54, 1.807) is 6.07 Å². The molecule has 0 N–H and O–H groups in total. The van der Waals surface area contributed by atoms with Crippen molar-refractivity contribution < 1.29 is 22.2 Å². The van der Waals surface area contributed by atoms with E-state index in [-0.39, 0.29) is 10.7 Å². The molecule has 7 heteroatoms. The summed E-state index contributed by atoms with van der Waals surface area (Å²) in [6, 6.07) is 8.75. The van der Waals surface area contributed by atoms with Gasteiger partial charge in [0.05, 0.1) is 21.3 Å². The quantitative estimate of drug-likeness (QED) is 0.702. The summed E-state index contributed by atoms with van der Waals surface area (Å²) in [6.45, 7) is 1.41. The van der Waals surface area contributed by atoms with Gasteiger partial charge in [-0.3, -0.25) is 4.79 Å². The van der Waals surface area contributed by atoms with E-state index in [9.17, 15) is 22.2 Å². The molecule has 22 heavy (non-hydrogen) atoms. The van der Waals surface area contributed by atoms with Gasteiger partial charge in [-0.1, -0.05) is 6.07 Å². The highest BCUT2D eigenvalue weighted by molar-refractivity contribution is 9.10. The first-order valence-electron chi connectivity index (χ1n) is 6.09. The highest BCUT2D eigenvalue weighted by Gasteiger charge is 2.30. The number of hydrogen-bond donors (Lipinski definition) is 0. The van der Waals surface area contributed by atoms with E-state index in [0.29, 0.717) is 14.9 Å². The number of rotatable bonds is 3. The first kappa shape index (κ1) is 16.9. The van der Waals surface area contributed by atoms with Crippen LogP contribution >= 0.6 is 15.9 Å². The molecule has 0 heterocycles. The number of benzene rings is 2. The molecule has 0 saturated heterocycles. The largest absolute Gasteiger partial charge is 0.416 e. The van der Waals surface area contributed by atoms with Crippen LogP contribution in [-0.2, 0) is 17.0 Å². The molecule has 0 spiro atoms. The molecule has 0 aliphatic carbocycles. The molecule has 0 aliphatic heterocycles. The maximum absolute atomic E-state index is 12.5. The van der Waals surface area contributed by atoms with Gasteiger partial charge in [-0.05, 0) is 59.3 Å². The smallest absolute Gasteiger partial charge is 0.295 e. The third-order valence-electron chi connectivity index (χ3n) is 2.93. The molecule has 0 aromatic heterocycles. The molecule has 0 fully saturated rings. The van der Waals surface area contributed by atoms with Crippen LogP contribution in [0.2, 0.25) is 0 Å². The predicted molar refractivity (Wildman–Crippen MR) is 80.3 cm³/mol. The zero-order valence-electron chi connectivity index (χ0n) is 11.3. The summed E-state index contributed by atoms with van der Waals surface area (Å²) in [7, 11) is -1.64. The number of hydrogen-bond acceptors (Lipinski definition) is 2. The van der Waals surface area contributed by atoms with Gasteiger partial charge in [0.1, 0.15) is 0 Å². The Morgan fingerprint density at radius 2 is 1.68 bits per heavy atom. The van der Waals surface area contributed by atoms with Crippen molar-refractivity contribution in [2.24, 2.45) is 0 Å². The van der Waals surface area contributed by atoms with E-state index in [0.717, 1.165) is 12.1 Å². The Morgan fingerprint density at radius 1 is 1.09 bits per heavy atom. The molecular weight excluding hydrogens is 381 g/mol. The first-order valence-corrected chi connectivity index (χ1v) is 8.04. The summed E-state index contributed by atoms with van der Waals surface area (Å²) >= 11 is 3.23. The molecule has 0 aliphatic rings. The molecule has 2 aromatic carbocycles. The standard InChI is InChI=1S/C15H10BrF3O2S/c1-9(20)10-2-7-14(13(16)8-10)22(21)12-5-3-11(4-6-12)15(17,18)19/h2-8H,1H3. The lowest BCUT2D eigenvalue weighted by molar-refractivity contribution is -0.137. The Labute approximate surface area is 135 Å². The van der Waals surface area contributed by atoms with Crippen LogP contribution in [0, 0.1) is 0 Å². The molecule has 1 unspecified atom stereocenters. The van der Waals surface area contributed by atoms with E-state index in [4.69, 9.17) is 0 Å². The average molecular weight is 391 g/mol. The third kappa shape index (κ3) is 3.64. The van der Waals surface area contributed by atoms with Crippen LogP contribution in [-0.4, -0.2) is 9.99 Å². The number of carbonyl (C=O) groups is 1. The number of halogens is 4. The molecule has 0 saturated carbocycles. The first-order chi connectivity index (χ1) is 10.2. The van der Waals surface area contributed by atoms with Crippen LogP contribution in [0.1, 0.15) is 22.8 Å². The molecule has 0 bridgehead atoms. The molecule has 0 radical (unpaired) electrons. The maximum atomic E-state index is 12.5. The monoisotopic (exact) mass is 390 g/mol. The Kier molecular flexibility index (Phi) is 4.87. The van der Waals surface area contributed by atoms with Gasteiger partial charge >= 0.3 is 6.18 Å². The lowest BCUT2D eigenvalue weighted by Crippen LogP contribution is -2.05. The van der Waals surface area contributed by atoms with Crippen LogP contribution in [0.4, 0.5) is 13.2 Å². The zero-order chi connectivity index (χ0) is 16.5. The van der Waals surface area contributed by atoms with E-state index >= 15 is 0 Å². The van der Waals surface area contributed by atoms with Crippen molar-refractivity contribution in [2.45, 2.75) is 22.9 Å². The second kappa shape index (κ2) is 6.34. The fourth-order valence-electron chi connectivity index (χ4n) is 1.76. The molecule has 2 aromatic rings. The van der Waals surface area contributed by atoms with Crippen LogP contribution in [0.3, 0.4) is 0 Å². The predicted octanol–water partition coefficient (Wildman–Crippen LogP) is 4.84. The molecule has 1 atom stereocenters. The molecular formula is C15H10BrF3O2S. The van der Waals surface area contributed by atoms with Crippen LogP contribution in [0.5, 0.6) is 0 Å². The SMILES string of the molecule is CC(=O)c1ccc(S(=O)c2ccc(C(F)(F)F)cc2)c(Br)c1. The van der Waals surface area contributed by atoms with Gasteiger partial charge in [-0.2, -0.15) is 13.2 Å². The third-order valence-corrected chi connectivity index (χ3v) is 5.31. The summed E-state index contributed by atoms with van der Waals surface area (Å²) in [4.78, 5) is 11.9. The van der Waals surface area contributed by atoms with Crippen molar-refractivity contribution in [3.8, 4) is 0 Å². The van der Waals surface area contributed by atoms with Gasteiger partial charge < -0.3 is 0 Å².